The molecule has 2 nitrogen and oxygen atoms in total. The molecule has 3 heteroatoms. The normalized spacial score (nSPS) is 12.1. The van der Waals surface area contributed by atoms with Crippen LogP contribution in [0.25, 0.3) is 87.1 Å². The van der Waals surface area contributed by atoms with Crippen molar-refractivity contribution in [2.45, 2.75) is 6.92 Å². The van der Waals surface area contributed by atoms with E-state index in [1.54, 1.807) is 0 Å². The quantitative estimate of drug-likeness (QED) is 0.121. The fraction of sp³-hybridized carbons (Fsp3) is 0.0164. The minimum Gasteiger partial charge on any atom is -0.309 e. The predicted molar refractivity (Wildman–Crippen MR) is 276 cm³/mol. The summed E-state index contributed by atoms with van der Waals surface area (Å²) >= 11 is 0. The van der Waals surface area contributed by atoms with Gasteiger partial charge < -0.3 is 8.97 Å². The molecule has 0 amide bonds. The van der Waals surface area contributed by atoms with Crippen LogP contribution in [0, 0.1) is 6.92 Å². The van der Waals surface area contributed by atoms with Crippen LogP contribution in [0.15, 0.2) is 237 Å². The summed E-state index contributed by atoms with van der Waals surface area (Å²) in [4.78, 5) is 0. The Morgan fingerprint density at radius 2 is 0.688 bits per heavy atom. The van der Waals surface area contributed by atoms with Gasteiger partial charge in [0.2, 0.25) is 0 Å². The number of benzene rings is 10. The molecule has 300 valence electrons. The summed E-state index contributed by atoms with van der Waals surface area (Å²) < 4.78 is 5.05. The lowest BCUT2D eigenvalue weighted by atomic mass is 10.00. The van der Waals surface area contributed by atoms with Crippen molar-refractivity contribution in [3.05, 3.63) is 242 Å². The van der Waals surface area contributed by atoms with E-state index in [1.165, 1.54) is 108 Å². The largest absolute Gasteiger partial charge is 0.309 e. The maximum Gasteiger partial charge on any atom is 0.179 e. The maximum atomic E-state index is 2.54. The molecule has 0 atom stereocenters. The Hall–Kier alpha value is -7.98. The third-order valence-electron chi connectivity index (χ3n) is 13.9. The van der Waals surface area contributed by atoms with Crippen molar-refractivity contribution in [1.29, 1.82) is 0 Å². The fourth-order valence-electron chi connectivity index (χ4n) is 11.2. The third-order valence-corrected chi connectivity index (χ3v) is 18.6. The van der Waals surface area contributed by atoms with Gasteiger partial charge in [-0.1, -0.05) is 206 Å². The second kappa shape index (κ2) is 14.3. The first-order valence-corrected chi connectivity index (χ1v) is 24.3. The summed E-state index contributed by atoms with van der Waals surface area (Å²) in [5, 5.41) is 17.9. The van der Waals surface area contributed by atoms with Gasteiger partial charge in [0.05, 0.1) is 27.6 Å². The van der Waals surface area contributed by atoms with Crippen LogP contribution in [0.2, 0.25) is 0 Å². The van der Waals surface area contributed by atoms with Gasteiger partial charge in [-0.15, -0.1) is 0 Å². The number of aryl methyl sites for hydroxylation is 1. The van der Waals surface area contributed by atoms with E-state index in [2.05, 4.69) is 252 Å². The molecular weight excluding hydrogens is 789 g/mol. The first-order valence-electron chi connectivity index (χ1n) is 22.3. The number of aromatic nitrogens is 2. The molecule has 3 aromatic heterocycles. The lowest BCUT2D eigenvalue weighted by Gasteiger charge is -2.34. The predicted octanol–water partition coefficient (Wildman–Crippen LogP) is 13.1. The highest BCUT2D eigenvalue weighted by Gasteiger charge is 2.41. The molecule has 13 rings (SSSR count). The molecule has 0 radical (unpaired) electrons. The zero-order valence-corrected chi connectivity index (χ0v) is 36.4. The van der Waals surface area contributed by atoms with Crippen LogP contribution in [-0.4, -0.2) is 17.0 Å². The van der Waals surface area contributed by atoms with Crippen LogP contribution in [-0.2, 0) is 0 Å². The second-order valence-corrected chi connectivity index (χ2v) is 21.1. The maximum absolute atomic E-state index is 2.80. The topological polar surface area (TPSA) is 9.34 Å². The first kappa shape index (κ1) is 36.7. The van der Waals surface area contributed by atoms with Crippen molar-refractivity contribution >= 4 is 110 Å². The number of hydrogen-bond acceptors (Lipinski definition) is 0. The van der Waals surface area contributed by atoms with E-state index < -0.39 is 8.07 Å². The number of hydrogen-bond donors (Lipinski definition) is 0. The summed E-state index contributed by atoms with van der Waals surface area (Å²) in [5.41, 5.74) is 8.42. The number of fused-ring (bicyclic) bond motifs is 13. The summed E-state index contributed by atoms with van der Waals surface area (Å²) in [6.07, 6.45) is 0. The van der Waals surface area contributed by atoms with Crippen molar-refractivity contribution in [1.82, 2.24) is 8.97 Å². The van der Waals surface area contributed by atoms with Gasteiger partial charge in [0.25, 0.3) is 0 Å². The lowest BCUT2D eigenvalue weighted by Crippen LogP contribution is -2.74. The highest BCUT2D eigenvalue weighted by molar-refractivity contribution is 7.20. The summed E-state index contributed by atoms with van der Waals surface area (Å²) in [7, 11) is -2.80. The van der Waals surface area contributed by atoms with Gasteiger partial charge in [-0.25, -0.2) is 0 Å². The van der Waals surface area contributed by atoms with Gasteiger partial charge in [-0.05, 0) is 85.6 Å². The van der Waals surface area contributed by atoms with Crippen molar-refractivity contribution in [3.63, 3.8) is 0 Å². The third kappa shape index (κ3) is 5.25. The molecule has 0 aliphatic carbocycles. The second-order valence-electron chi connectivity index (χ2n) is 17.3. The molecule has 0 unspecified atom stereocenters. The first-order chi connectivity index (χ1) is 31.7. The highest BCUT2D eigenvalue weighted by Crippen LogP contribution is 2.41. The zero-order chi connectivity index (χ0) is 42.4. The SMILES string of the molecule is Cc1cccc([Si](c2ccccc2)(c2ccccc2)c2ccc3c(c2)c2ccccc2n3-c2cc3c4ccccc4c4ccccc4c4ccccc4n4c5ccccc5c(c2)c34)c1. The van der Waals surface area contributed by atoms with Gasteiger partial charge >= 0.3 is 0 Å². The molecule has 3 heterocycles. The van der Waals surface area contributed by atoms with Gasteiger partial charge in [-0.3, -0.25) is 0 Å². The molecule has 0 saturated heterocycles. The Labute approximate surface area is 372 Å². The van der Waals surface area contributed by atoms with Crippen LogP contribution in [0.1, 0.15) is 5.56 Å². The zero-order valence-electron chi connectivity index (χ0n) is 35.4. The average molecular weight is 831 g/mol. The smallest absolute Gasteiger partial charge is 0.179 e. The van der Waals surface area contributed by atoms with Crippen molar-refractivity contribution in [2.24, 2.45) is 0 Å². The van der Waals surface area contributed by atoms with Crippen LogP contribution in [0.5, 0.6) is 0 Å². The Kier molecular flexibility index (Phi) is 8.18. The summed E-state index contributed by atoms with van der Waals surface area (Å²) in [5.74, 6) is 0. The van der Waals surface area contributed by atoms with E-state index in [9.17, 15) is 0 Å². The van der Waals surface area contributed by atoms with Gasteiger partial charge in [-0.2, -0.15) is 0 Å². The lowest BCUT2D eigenvalue weighted by molar-refractivity contribution is 1.19. The van der Waals surface area contributed by atoms with Crippen LogP contribution in [0.3, 0.4) is 0 Å². The molecular formula is C61H42N2Si. The summed E-state index contributed by atoms with van der Waals surface area (Å²) in [6, 6.07) is 88.9. The van der Waals surface area contributed by atoms with E-state index >= 15 is 0 Å². The average Bonchev–Trinajstić information content (AvgIpc) is 3.88. The minimum absolute atomic E-state index is 1.15. The molecule has 0 bridgehead atoms. The standard InChI is InChI=1S/C61H42N2Si/c1-41-19-18-24-45(37-41)64(43-20-4-2-5-21-43,44-22-6-3-7-23-44)46-35-36-60-54(40-46)52-30-13-15-32-57(52)62(60)42-38-55-50-28-11-9-26-48(50)47-25-8-10-27-49(47)51-29-12-16-33-58(51)63-59-34-17-14-31-53(59)56(39-42)61(55)63/h2-40H,1H3. The molecule has 10 aromatic carbocycles. The molecule has 0 fully saturated rings. The number of para-hydroxylation sites is 3. The molecule has 0 aliphatic heterocycles. The Bertz CT molecular complexity index is 3990. The van der Waals surface area contributed by atoms with Gasteiger partial charge in [0.1, 0.15) is 0 Å². The summed E-state index contributed by atoms with van der Waals surface area (Å²) in [6.45, 7) is 2.22. The molecule has 0 spiro atoms. The Morgan fingerprint density at radius 1 is 0.281 bits per heavy atom. The number of nitrogens with zero attached hydrogens (tertiary/aromatic N) is 2. The van der Waals surface area contributed by atoms with Crippen LogP contribution < -0.4 is 20.7 Å². The molecule has 64 heavy (non-hydrogen) atoms. The Morgan fingerprint density at radius 3 is 1.27 bits per heavy atom. The van der Waals surface area contributed by atoms with E-state index in [0.717, 1.165) is 5.69 Å². The fourth-order valence-corrected chi connectivity index (χ4v) is 16.1. The van der Waals surface area contributed by atoms with E-state index in [1.807, 2.05) is 0 Å². The molecule has 0 aliphatic rings. The highest BCUT2D eigenvalue weighted by atomic mass is 28.3. The minimum atomic E-state index is -2.80. The van der Waals surface area contributed by atoms with Crippen molar-refractivity contribution in [2.75, 3.05) is 0 Å². The van der Waals surface area contributed by atoms with E-state index in [4.69, 9.17) is 0 Å². The molecule has 0 N–H and O–H groups in total. The van der Waals surface area contributed by atoms with Gasteiger partial charge in [0, 0.05) is 38.0 Å². The van der Waals surface area contributed by atoms with Crippen LogP contribution >= 0.6 is 0 Å². The van der Waals surface area contributed by atoms with Crippen LogP contribution in [0.4, 0.5) is 0 Å². The van der Waals surface area contributed by atoms with E-state index in [0.29, 0.717) is 0 Å². The van der Waals surface area contributed by atoms with Gasteiger partial charge in [0.15, 0.2) is 8.07 Å². The molecule has 0 saturated carbocycles. The monoisotopic (exact) mass is 830 g/mol. The Balaban J connectivity index is 1.19. The molecule has 13 aromatic rings. The van der Waals surface area contributed by atoms with E-state index in [-0.39, 0.29) is 0 Å². The van der Waals surface area contributed by atoms with Crippen molar-refractivity contribution < 1.29 is 0 Å². The number of rotatable bonds is 5. The van der Waals surface area contributed by atoms with Crippen molar-refractivity contribution in [3.8, 4) is 5.69 Å².